The van der Waals surface area contributed by atoms with Crippen molar-refractivity contribution >= 4 is 29.1 Å². The molecule has 3 rings (SSSR count). The summed E-state index contributed by atoms with van der Waals surface area (Å²) in [5.41, 5.74) is 6.52. The van der Waals surface area contributed by atoms with E-state index in [2.05, 4.69) is 10.4 Å². The predicted octanol–water partition coefficient (Wildman–Crippen LogP) is 3.32. The van der Waals surface area contributed by atoms with E-state index in [0.717, 1.165) is 11.8 Å². The molecule has 8 heteroatoms. The quantitative estimate of drug-likeness (QED) is 0.736. The zero-order valence-electron chi connectivity index (χ0n) is 13.7. The number of primary amides is 1. The van der Waals surface area contributed by atoms with Crippen LogP contribution in [0.25, 0.3) is 5.69 Å². The molecule has 26 heavy (non-hydrogen) atoms. The normalized spacial score (nSPS) is 10.6. The molecule has 0 unspecified atom stereocenters. The van der Waals surface area contributed by atoms with Gasteiger partial charge >= 0.3 is 0 Å². The van der Waals surface area contributed by atoms with Crippen LogP contribution in [0.4, 0.5) is 10.1 Å². The van der Waals surface area contributed by atoms with Crippen LogP contribution in [0.5, 0.6) is 0 Å². The van der Waals surface area contributed by atoms with E-state index in [1.165, 1.54) is 30.1 Å². The lowest BCUT2D eigenvalue weighted by molar-refractivity contribution is 0.0995. The first-order valence-corrected chi connectivity index (χ1v) is 7.95. The highest BCUT2D eigenvalue weighted by Gasteiger charge is 2.15. The van der Waals surface area contributed by atoms with E-state index in [0.29, 0.717) is 5.02 Å². The van der Waals surface area contributed by atoms with Crippen LogP contribution in [0.2, 0.25) is 5.02 Å². The number of nitrogens with zero attached hydrogens (tertiary/aromatic N) is 2. The maximum atomic E-state index is 13.9. The monoisotopic (exact) mass is 372 g/mol. The van der Waals surface area contributed by atoms with Crippen molar-refractivity contribution < 1.29 is 14.0 Å². The Labute approximate surface area is 153 Å². The smallest absolute Gasteiger partial charge is 0.258 e. The number of hydrogen-bond acceptors (Lipinski definition) is 3. The van der Waals surface area contributed by atoms with Crippen LogP contribution in [-0.2, 0) is 0 Å². The Morgan fingerprint density at radius 2 is 1.88 bits per heavy atom. The summed E-state index contributed by atoms with van der Waals surface area (Å²) in [6.07, 6.45) is 2.91. The van der Waals surface area contributed by atoms with Gasteiger partial charge < -0.3 is 11.1 Å². The molecule has 2 amide bonds. The first-order chi connectivity index (χ1) is 12.3. The lowest BCUT2D eigenvalue weighted by Crippen LogP contribution is -2.16. The number of nitrogens with one attached hydrogen (secondary N) is 1. The van der Waals surface area contributed by atoms with Gasteiger partial charge in [0, 0.05) is 28.0 Å². The molecule has 0 saturated heterocycles. The summed E-state index contributed by atoms with van der Waals surface area (Å²) in [5, 5.41) is 7.29. The molecule has 0 spiro atoms. The van der Waals surface area contributed by atoms with Crippen molar-refractivity contribution in [3.63, 3.8) is 0 Å². The molecule has 132 valence electrons. The van der Waals surface area contributed by atoms with Gasteiger partial charge in [-0.3, -0.25) is 9.59 Å². The number of carbonyl (C=O) groups excluding carboxylic acids is 2. The van der Waals surface area contributed by atoms with Gasteiger partial charge in [0.05, 0.1) is 17.4 Å². The molecule has 1 heterocycles. The Bertz CT molecular complexity index is 999. The molecule has 0 radical (unpaired) electrons. The molecular formula is C18H14ClFN4O2. The third-order valence-corrected chi connectivity index (χ3v) is 4.06. The van der Waals surface area contributed by atoms with Crippen molar-refractivity contribution in [1.82, 2.24) is 9.78 Å². The molecule has 0 bridgehead atoms. The average Bonchev–Trinajstić information content (AvgIpc) is 3.09. The fourth-order valence-electron chi connectivity index (χ4n) is 2.32. The van der Waals surface area contributed by atoms with Gasteiger partial charge in [0.2, 0.25) is 5.91 Å². The molecule has 0 aliphatic heterocycles. The summed E-state index contributed by atoms with van der Waals surface area (Å²) < 4.78 is 15.4. The minimum atomic E-state index is -0.782. The van der Waals surface area contributed by atoms with Crippen molar-refractivity contribution in [3.8, 4) is 5.69 Å². The Kier molecular flexibility index (Phi) is 4.73. The number of benzene rings is 2. The molecule has 0 saturated carbocycles. The molecule has 1 aromatic heterocycles. The van der Waals surface area contributed by atoms with Crippen LogP contribution in [0.3, 0.4) is 0 Å². The van der Waals surface area contributed by atoms with Crippen LogP contribution in [0.15, 0.2) is 48.8 Å². The summed E-state index contributed by atoms with van der Waals surface area (Å²) in [6, 6.07) is 9.30. The third kappa shape index (κ3) is 3.57. The van der Waals surface area contributed by atoms with E-state index in [4.69, 9.17) is 17.3 Å². The topological polar surface area (TPSA) is 90.0 Å². The van der Waals surface area contributed by atoms with Gasteiger partial charge in [0.15, 0.2) is 0 Å². The lowest BCUT2D eigenvalue weighted by Gasteiger charge is -2.10. The second kappa shape index (κ2) is 6.97. The molecule has 0 aliphatic rings. The Morgan fingerprint density at radius 1 is 1.19 bits per heavy atom. The number of hydrogen-bond donors (Lipinski definition) is 2. The van der Waals surface area contributed by atoms with Gasteiger partial charge in [-0.05, 0) is 43.3 Å². The average molecular weight is 373 g/mol. The van der Waals surface area contributed by atoms with Crippen LogP contribution < -0.4 is 11.1 Å². The summed E-state index contributed by atoms with van der Waals surface area (Å²) in [4.78, 5) is 23.7. The van der Waals surface area contributed by atoms with E-state index in [9.17, 15) is 14.0 Å². The van der Waals surface area contributed by atoms with Crippen molar-refractivity contribution in [2.75, 3.05) is 5.32 Å². The molecule has 0 aliphatic carbocycles. The van der Waals surface area contributed by atoms with Crippen molar-refractivity contribution in [2.45, 2.75) is 6.92 Å². The molecule has 0 fully saturated rings. The number of aromatic nitrogens is 2. The van der Waals surface area contributed by atoms with Crippen LogP contribution in [0, 0.1) is 12.7 Å². The van der Waals surface area contributed by atoms with E-state index in [-0.39, 0.29) is 22.4 Å². The minimum absolute atomic E-state index is 0.0275. The van der Waals surface area contributed by atoms with Gasteiger partial charge in [-0.15, -0.1) is 0 Å². The third-order valence-electron chi connectivity index (χ3n) is 3.81. The van der Waals surface area contributed by atoms with Crippen LogP contribution >= 0.6 is 11.6 Å². The fraction of sp³-hybridized carbons (Fsp3) is 0.0556. The summed E-state index contributed by atoms with van der Waals surface area (Å²) in [5.74, 6) is -1.90. The summed E-state index contributed by atoms with van der Waals surface area (Å²) in [7, 11) is 0. The van der Waals surface area contributed by atoms with E-state index >= 15 is 0 Å². The molecular weight excluding hydrogens is 359 g/mol. The van der Waals surface area contributed by atoms with Gasteiger partial charge in [-0.2, -0.15) is 5.10 Å². The molecule has 0 atom stereocenters. The minimum Gasteiger partial charge on any atom is -0.366 e. The number of halogens is 2. The van der Waals surface area contributed by atoms with E-state index in [1.807, 2.05) is 0 Å². The summed E-state index contributed by atoms with van der Waals surface area (Å²) in [6.45, 7) is 1.49. The first kappa shape index (κ1) is 17.6. The van der Waals surface area contributed by atoms with Crippen molar-refractivity contribution in [1.29, 1.82) is 0 Å². The molecule has 3 aromatic rings. The predicted molar refractivity (Wildman–Crippen MR) is 96.2 cm³/mol. The number of nitrogens with two attached hydrogens (primary N) is 1. The van der Waals surface area contributed by atoms with Gasteiger partial charge in [0.1, 0.15) is 5.82 Å². The Hall–Kier alpha value is -3.19. The second-order valence-corrected chi connectivity index (χ2v) is 6.04. The SMILES string of the molecule is Cc1c(F)cc(C(N)=O)cc1NC(=O)c1cnn(-c2ccc(Cl)cc2)c1. The van der Waals surface area contributed by atoms with E-state index in [1.54, 1.807) is 24.3 Å². The maximum Gasteiger partial charge on any atom is 0.258 e. The maximum absolute atomic E-state index is 13.9. The highest BCUT2D eigenvalue weighted by Crippen LogP contribution is 2.22. The Balaban J connectivity index is 1.85. The van der Waals surface area contributed by atoms with E-state index < -0.39 is 17.6 Å². The zero-order chi connectivity index (χ0) is 18.8. The molecule has 2 aromatic carbocycles. The largest absolute Gasteiger partial charge is 0.366 e. The number of anilines is 1. The van der Waals surface area contributed by atoms with Crippen LogP contribution in [0.1, 0.15) is 26.3 Å². The zero-order valence-corrected chi connectivity index (χ0v) is 14.4. The Morgan fingerprint density at radius 3 is 2.54 bits per heavy atom. The fourth-order valence-corrected chi connectivity index (χ4v) is 2.45. The van der Waals surface area contributed by atoms with Gasteiger partial charge in [-0.25, -0.2) is 9.07 Å². The number of rotatable bonds is 4. The second-order valence-electron chi connectivity index (χ2n) is 5.60. The standard InChI is InChI=1S/C18H14ClFN4O2/c1-10-15(20)6-11(17(21)25)7-16(10)23-18(26)12-8-22-24(9-12)14-4-2-13(19)3-5-14/h2-9H,1H3,(H2,21,25)(H,23,26). The molecule has 3 N–H and O–H groups in total. The van der Waals surface area contributed by atoms with Gasteiger partial charge in [-0.1, -0.05) is 11.6 Å². The van der Waals surface area contributed by atoms with Crippen molar-refractivity contribution in [2.24, 2.45) is 5.73 Å². The summed E-state index contributed by atoms with van der Waals surface area (Å²) >= 11 is 5.85. The number of amides is 2. The molecule has 6 nitrogen and oxygen atoms in total. The first-order valence-electron chi connectivity index (χ1n) is 7.57. The van der Waals surface area contributed by atoms with Crippen molar-refractivity contribution in [3.05, 3.63) is 76.3 Å². The van der Waals surface area contributed by atoms with Crippen LogP contribution in [-0.4, -0.2) is 21.6 Å². The highest BCUT2D eigenvalue weighted by atomic mass is 35.5. The lowest BCUT2D eigenvalue weighted by atomic mass is 10.1. The van der Waals surface area contributed by atoms with Gasteiger partial charge in [0.25, 0.3) is 5.91 Å². The number of carbonyl (C=O) groups is 2. The highest BCUT2D eigenvalue weighted by molar-refractivity contribution is 6.30.